The molecule has 1 aromatic heterocycles. The highest BCUT2D eigenvalue weighted by Gasteiger charge is 2.28. The lowest BCUT2D eigenvalue weighted by Gasteiger charge is -2.29. The third kappa shape index (κ3) is 4.95. The third-order valence-corrected chi connectivity index (χ3v) is 6.33. The molecule has 0 N–H and O–H groups in total. The minimum atomic E-state index is -0.713. The Hall–Kier alpha value is -3.29. The van der Waals surface area contributed by atoms with E-state index in [-0.39, 0.29) is 17.9 Å². The largest absolute Gasteiger partial charge is 0.449 e. The third-order valence-electron chi connectivity index (χ3n) is 6.33. The van der Waals surface area contributed by atoms with Gasteiger partial charge in [0, 0.05) is 24.6 Å². The molecule has 1 amide bonds. The molecule has 180 valence electrons. The summed E-state index contributed by atoms with van der Waals surface area (Å²) in [5, 5.41) is 3.10. The van der Waals surface area contributed by atoms with Crippen molar-refractivity contribution in [2.24, 2.45) is 11.1 Å². The van der Waals surface area contributed by atoms with Crippen LogP contribution < -0.4 is 0 Å². The fourth-order valence-corrected chi connectivity index (χ4v) is 4.37. The summed E-state index contributed by atoms with van der Waals surface area (Å²) in [4.78, 5) is 29.7. The second-order valence-corrected chi connectivity index (χ2v) is 9.14. The van der Waals surface area contributed by atoms with E-state index in [0.717, 1.165) is 24.8 Å². The molecule has 2 aromatic carbocycles. The summed E-state index contributed by atoms with van der Waals surface area (Å²) in [6.45, 7) is 7.31. The van der Waals surface area contributed by atoms with Crippen LogP contribution in [0.1, 0.15) is 63.4 Å². The van der Waals surface area contributed by atoms with Crippen LogP contribution in [-0.2, 0) is 4.74 Å². The lowest BCUT2D eigenvalue weighted by Crippen LogP contribution is -2.38. The van der Waals surface area contributed by atoms with Crippen molar-refractivity contribution < 1.29 is 18.3 Å². The molecule has 1 fully saturated rings. The number of piperidine rings is 1. The zero-order valence-electron chi connectivity index (χ0n) is 19.8. The number of oxazole rings is 1. The molecule has 3 aromatic rings. The topological polar surface area (TPSA) is 85.0 Å². The second-order valence-electron chi connectivity index (χ2n) is 9.14. The second kappa shape index (κ2) is 10.3. The van der Waals surface area contributed by atoms with E-state index in [9.17, 15) is 14.1 Å². The SMILES string of the molecule is CCCOC(=O)N1CCC(c2nc3cc(-c4ccc(C(N=O)C(C)C)c(F)c4)ccc3o2)CC1. The van der Waals surface area contributed by atoms with E-state index in [1.807, 2.05) is 39.0 Å². The quantitative estimate of drug-likeness (QED) is 0.356. The first-order valence-corrected chi connectivity index (χ1v) is 11.9. The maximum atomic E-state index is 14.8. The Labute approximate surface area is 198 Å². The molecule has 1 unspecified atom stereocenters. The van der Waals surface area contributed by atoms with Crippen LogP contribution in [0.2, 0.25) is 0 Å². The fourth-order valence-electron chi connectivity index (χ4n) is 4.37. The van der Waals surface area contributed by atoms with Gasteiger partial charge >= 0.3 is 6.09 Å². The number of benzene rings is 2. The van der Waals surface area contributed by atoms with E-state index in [1.165, 1.54) is 6.07 Å². The van der Waals surface area contributed by atoms with Gasteiger partial charge in [-0.15, -0.1) is 0 Å². The Kier molecular flexibility index (Phi) is 7.24. The lowest BCUT2D eigenvalue weighted by molar-refractivity contribution is 0.0913. The molecule has 1 aliphatic rings. The standard InChI is InChI=1S/C26H30FN3O4/c1-4-13-33-26(31)30-11-9-17(10-12-30)25-28-22-15-19(6-8-23(22)34-25)18-5-7-20(21(27)14-18)24(29-32)16(2)3/h5-8,14-17,24H,4,9-13H2,1-3H3. The number of amides is 1. The van der Waals surface area contributed by atoms with Crippen molar-refractivity contribution in [1.82, 2.24) is 9.88 Å². The van der Waals surface area contributed by atoms with Gasteiger partial charge in [0.15, 0.2) is 11.5 Å². The number of hydrogen-bond donors (Lipinski definition) is 0. The first-order valence-electron chi connectivity index (χ1n) is 11.9. The van der Waals surface area contributed by atoms with Gasteiger partial charge in [0.05, 0.1) is 6.61 Å². The highest BCUT2D eigenvalue weighted by atomic mass is 19.1. The molecule has 0 radical (unpaired) electrons. The van der Waals surface area contributed by atoms with Crippen LogP contribution in [0.5, 0.6) is 0 Å². The Morgan fingerprint density at radius 3 is 2.56 bits per heavy atom. The van der Waals surface area contributed by atoms with Gasteiger partial charge in [0.2, 0.25) is 0 Å². The molecule has 4 rings (SSSR count). The zero-order chi connectivity index (χ0) is 24.2. The number of halogens is 1. The van der Waals surface area contributed by atoms with Crippen LogP contribution in [0.25, 0.3) is 22.2 Å². The predicted molar refractivity (Wildman–Crippen MR) is 128 cm³/mol. The van der Waals surface area contributed by atoms with Gasteiger partial charge in [0.1, 0.15) is 17.4 Å². The normalized spacial score (nSPS) is 15.6. The van der Waals surface area contributed by atoms with E-state index in [4.69, 9.17) is 14.1 Å². The number of rotatable bonds is 7. The molecule has 0 spiro atoms. The van der Waals surface area contributed by atoms with Crippen molar-refractivity contribution in [3.05, 3.63) is 58.6 Å². The van der Waals surface area contributed by atoms with Crippen molar-refractivity contribution >= 4 is 17.2 Å². The van der Waals surface area contributed by atoms with Crippen molar-refractivity contribution in [3.8, 4) is 11.1 Å². The van der Waals surface area contributed by atoms with Gasteiger partial charge in [-0.1, -0.05) is 44.1 Å². The van der Waals surface area contributed by atoms with Crippen LogP contribution >= 0.6 is 0 Å². The summed E-state index contributed by atoms with van der Waals surface area (Å²) in [6.07, 6.45) is 2.06. The van der Waals surface area contributed by atoms with Crippen LogP contribution in [0.4, 0.5) is 9.18 Å². The molecule has 1 aliphatic heterocycles. The number of fused-ring (bicyclic) bond motifs is 1. The summed E-state index contributed by atoms with van der Waals surface area (Å²) in [6, 6.07) is 9.75. The first kappa shape index (κ1) is 23.9. The number of likely N-dealkylation sites (tertiary alicyclic amines) is 1. The molecule has 7 nitrogen and oxygen atoms in total. The summed E-state index contributed by atoms with van der Waals surface area (Å²) in [5.74, 6) is 0.260. The molecular formula is C26H30FN3O4. The Balaban J connectivity index is 1.49. The molecule has 1 atom stereocenters. The van der Waals surface area contributed by atoms with Gasteiger partial charge in [0.25, 0.3) is 0 Å². The molecule has 2 heterocycles. The number of aromatic nitrogens is 1. The number of nitroso groups, excluding NO2 is 1. The minimum absolute atomic E-state index is 0.0865. The molecule has 0 bridgehead atoms. The number of carbonyl (C=O) groups is 1. The molecule has 34 heavy (non-hydrogen) atoms. The molecule has 8 heteroatoms. The Morgan fingerprint density at radius 1 is 1.21 bits per heavy atom. The molecule has 0 saturated carbocycles. The van der Waals surface area contributed by atoms with Crippen LogP contribution in [0, 0.1) is 16.6 Å². The van der Waals surface area contributed by atoms with Crippen molar-refractivity contribution in [3.63, 3.8) is 0 Å². The van der Waals surface area contributed by atoms with Crippen LogP contribution in [0.15, 0.2) is 46.0 Å². The summed E-state index contributed by atoms with van der Waals surface area (Å²) in [7, 11) is 0. The molecule has 0 aliphatic carbocycles. The van der Waals surface area contributed by atoms with Gasteiger partial charge in [-0.25, -0.2) is 14.2 Å². The maximum absolute atomic E-state index is 14.8. The molecular weight excluding hydrogens is 437 g/mol. The summed E-state index contributed by atoms with van der Waals surface area (Å²) < 4.78 is 26.0. The average molecular weight is 468 g/mol. The van der Waals surface area contributed by atoms with Gasteiger partial charge in [-0.2, -0.15) is 4.91 Å². The highest BCUT2D eigenvalue weighted by molar-refractivity contribution is 5.80. The smallest absolute Gasteiger partial charge is 0.409 e. The minimum Gasteiger partial charge on any atom is -0.449 e. The van der Waals surface area contributed by atoms with E-state index in [2.05, 4.69) is 5.18 Å². The van der Waals surface area contributed by atoms with Crippen molar-refractivity contribution in [2.45, 2.75) is 52.0 Å². The van der Waals surface area contributed by atoms with Crippen molar-refractivity contribution in [1.29, 1.82) is 0 Å². The maximum Gasteiger partial charge on any atom is 0.409 e. The van der Waals surface area contributed by atoms with Gasteiger partial charge in [-0.05, 0) is 54.5 Å². The summed E-state index contributed by atoms with van der Waals surface area (Å²) >= 11 is 0. The lowest BCUT2D eigenvalue weighted by atomic mass is 9.94. The van der Waals surface area contributed by atoms with Crippen LogP contribution in [0.3, 0.4) is 0 Å². The summed E-state index contributed by atoms with van der Waals surface area (Å²) in [5.41, 5.74) is 3.19. The van der Waals surface area contributed by atoms with Gasteiger partial charge in [-0.3, -0.25) is 0 Å². The number of carbonyl (C=O) groups excluding carboxylic acids is 1. The van der Waals surface area contributed by atoms with Crippen LogP contribution in [-0.4, -0.2) is 35.7 Å². The fraction of sp³-hybridized carbons (Fsp3) is 0.462. The van der Waals surface area contributed by atoms with E-state index >= 15 is 0 Å². The average Bonchev–Trinajstić information content (AvgIpc) is 3.27. The van der Waals surface area contributed by atoms with E-state index in [1.54, 1.807) is 17.0 Å². The Morgan fingerprint density at radius 2 is 1.91 bits per heavy atom. The number of hydrogen-bond acceptors (Lipinski definition) is 6. The zero-order valence-corrected chi connectivity index (χ0v) is 19.8. The number of nitrogens with zero attached hydrogens (tertiary/aromatic N) is 3. The monoisotopic (exact) mass is 467 g/mol. The van der Waals surface area contributed by atoms with Gasteiger partial charge < -0.3 is 14.1 Å². The van der Waals surface area contributed by atoms with E-state index in [0.29, 0.717) is 47.8 Å². The van der Waals surface area contributed by atoms with Crippen molar-refractivity contribution in [2.75, 3.05) is 19.7 Å². The predicted octanol–water partition coefficient (Wildman–Crippen LogP) is 6.82. The number of ether oxygens (including phenoxy) is 1. The van der Waals surface area contributed by atoms with E-state index < -0.39 is 11.9 Å². The highest BCUT2D eigenvalue weighted by Crippen LogP contribution is 2.34. The molecule has 1 saturated heterocycles. The Bertz CT molecular complexity index is 1170. The first-order chi connectivity index (χ1) is 16.4.